The molecule has 1 aromatic heterocycles. The summed E-state index contributed by atoms with van der Waals surface area (Å²) < 4.78 is 0. The molecule has 6 nitrogen and oxygen atoms in total. The second-order valence-corrected chi connectivity index (χ2v) is 7.23. The minimum absolute atomic E-state index is 0.163. The minimum Gasteiger partial charge on any atom is -0.297 e. The summed E-state index contributed by atoms with van der Waals surface area (Å²) in [4.78, 5) is 40.6. The van der Waals surface area contributed by atoms with Crippen molar-refractivity contribution in [3.63, 3.8) is 0 Å². The van der Waals surface area contributed by atoms with Crippen molar-refractivity contribution >= 4 is 51.9 Å². The fourth-order valence-electron chi connectivity index (χ4n) is 2.36. The van der Waals surface area contributed by atoms with E-state index in [1.165, 1.54) is 16.2 Å². The lowest BCUT2D eigenvalue weighted by Gasteiger charge is -2.22. The van der Waals surface area contributed by atoms with Gasteiger partial charge in [-0.1, -0.05) is 24.3 Å². The number of nitrogens with zero attached hydrogens (tertiary/aromatic N) is 3. The Morgan fingerprint density at radius 3 is 2.62 bits per heavy atom. The number of nitriles is 1. The Morgan fingerprint density at radius 2 is 1.96 bits per heavy atom. The van der Waals surface area contributed by atoms with E-state index in [2.05, 4.69) is 0 Å². The lowest BCUT2D eigenvalue weighted by Crippen LogP contribution is -2.42. The number of carbonyl (C=O) groups excluding carboxylic acids is 3. The van der Waals surface area contributed by atoms with Gasteiger partial charge in [-0.15, -0.1) is 11.3 Å². The third-order valence-electron chi connectivity index (χ3n) is 3.58. The van der Waals surface area contributed by atoms with Gasteiger partial charge in [0.1, 0.15) is 13.1 Å². The van der Waals surface area contributed by atoms with Crippen molar-refractivity contribution in [3.8, 4) is 6.07 Å². The molecular formula is C18H13N3O3S2. The van der Waals surface area contributed by atoms with E-state index in [0.29, 0.717) is 5.69 Å². The zero-order valence-electron chi connectivity index (χ0n) is 13.5. The molecule has 1 aromatic carbocycles. The van der Waals surface area contributed by atoms with E-state index in [1.54, 1.807) is 36.4 Å². The molecule has 130 valence electrons. The SMILES string of the molecule is N#CCN(C(=O)CN1C(=O)S/C(=C\c2cccs2)C1=O)c1ccccc1. The maximum Gasteiger partial charge on any atom is 0.294 e. The Kier molecular flexibility index (Phi) is 5.51. The van der Waals surface area contributed by atoms with Crippen LogP contribution in [0, 0.1) is 11.3 Å². The largest absolute Gasteiger partial charge is 0.297 e. The van der Waals surface area contributed by atoms with Gasteiger partial charge in [0, 0.05) is 10.6 Å². The van der Waals surface area contributed by atoms with Gasteiger partial charge in [0.25, 0.3) is 11.1 Å². The Labute approximate surface area is 158 Å². The number of imide groups is 1. The van der Waals surface area contributed by atoms with Gasteiger partial charge in [-0.3, -0.25) is 24.2 Å². The molecular weight excluding hydrogens is 370 g/mol. The van der Waals surface area contributed by atoms with Gasteiger partial charge in [-0.2, -0.15) is 5.26 Å². The van der Waals surface area contributed by atoms with E-state index in [-0.39, 0.29) is 11.4 Å². The van der Waals surface area contributed by atoms with E-state index in [9.17, 15) is 14.4 Å². The highest BCUT2D eigenvalue weighted by Gasteiger charge is 2.37. The van der Waals surface area contributed by atoms with Crippen molar-refractivity contribution in [2.24, 2.45) is 0 Å². The van der Waals surface area contributed by atoms with Crippen molar-refractivity contribution < 1.29 is 14.4 Å². The van der Waals surface area contributed by atoms with Crippen molar-refractivity contribution in [2.75, 3.05) is 18.0 Å². The Morgan fingerprint density at radius 1 is 1.19 bits per heavy atom. The van der Waals surface area contributed by atoms with E-state index >= 15 is 0 Å². The predicted molar refractivity (Wildman–Crippen MR) is 101 cm³/mol. The number of carbonyl (C=O) groups is 3. The lowest BCUT2D eigenvalue weighted by atomic mass is 10.2. The highest BCUT2D eigenvalue weighted by atomic mass is 32.2. The number of thioether (sulfide) groups is 1. The summed E-state index contributed by atoms with van der Waals surface area (Å²) in [5.74, 6) is -0.982. The molecule has 0 unspecified atom stereocenters. The second kappa shape index (κ2) is 7.99. The summed E-state index contributed by atoms with van der Waals surface area (Å²) in [6.07, 6.45) is 1.64. The van der Waals surface area contributed by atoms with Gasteiger partial charge >= 0.3 is 0 Å². The topological polar surface area (TPSA) is 81.5 Å². The van der Waals surface area contributed by atoms with Crippen LogP contribution in [0.15, 0.2) is 52.7 Å². The molecule has 3 rings (SSSR count). The van der Waals surface area contributed by atoms with Crippen molar-refractivity contribution in [3.05, 3.63) is 57.6 Å². The normalized spacial score (nSPS) is 15.3. The Hall–Kier alpha value is -2.89. The third-order valence-corrected chi connectivity index (χ3v) is 5.31. The molecule has 8 heteroatoms. The number of thiophene rings is 1. The van der Waals surface area contributed by atoms with Crippen molar-refractivity contribution in [2.45, 2.75) is 0 Å². The van der Waals surface area contributed by atoms with Crippen LogP contribution in [0.2, 0.25) is 0 Å². The summed E-state index contributed by atoms with van der Waals surface area (Å²) in [6, 6.07) is 14.3. The molecule has 1 aliphatic rings. The molecule has 0 bridgehead atoms. The van der Waals surface area contributed by atoms with E-state index in [1.807, 2.05) is 23.6 Å². The maximum absolute atomic E-state index is 12.6. The van der Waals surface area contributed by atoms with Gasteiger partial charge in [-0.25, -0.2) is 0 Å². The monoisotopic (exact) mass is 383 g/mol. The average molecular weight is 383 g/mol. The molecule has 2 aromatic rings. The first-order valence-corrected chi connectivity index (χ1v) is 9.31. The van der Waals surface area contributed by atoms with Crippen LogP contribution in [0.4, 0.5) is 10.5 Å². The first kappa shape index (κ1) is 17.9. The number of benzene rings is 1. The molecule has 26 heavy (non-hydrogen) atoms. The quantitative estimate of drug-likeness (QED) is 0.584. The molecule has 1 aliphatic heterocycles. The van der Waals surface area contributed by atoms with Crippen LogP contribution < -0.4 is 4.90 Å². The van der Waals surface area contributed by atoms with E-state index < -0.39 is 23.6 Å². The van der Waals surface area contributed by atoms with Crippen LogP contribution in [0.25, 0.3) is 6.08 Å². The number of para-hydroxylation sites is 1. The second-order valence-electron chi connectivity index (χ2n) is 5.26. The molecule has 0 saturated carbocycles. The third kappa shape index (κ3) is 3.85. The van der Waals surface area contributed by atoms with E-state index in [0.717, 1.165) is 21.5 Å². The molecule has 0 atom stereocenters. The Balaban J connectivity index is 1.77. The van der Waals surface area contributed by atoms with Crippen LogP contribution in [0.3, 0.4) is 0 Å². The van der Waals surface area contributed by atoms with Gasteiger partial charge in [0.2, 0.25) is 5.91 Å². The minimum atomic E-state index is -0.494. The number of amides is 3. The van der Waals surface area contributed by atoms with E-state index in [4.69, 9.17) is 5.26 Å². The smallest absolute Gasteiger partial charge is 0.294 e. The Bertz CT molecular complexity index is 902. The van der Waals surface area contributed by atoms with Gasteiger partial charge < -0.3 is 0 Å². The number of anilines is 1. The van der Waals surface area contributed by atoms with Crippen molar-refractivity contribution in [1.82, 2.24) is 4.90 Å². The maximum atomic E-state index is 12.6. The predicted octanol–water partition coefficient (Wildman–Crippen LogP) is 3.34. The molecule has 0 aliphatic carbocycles. The molecule has 1 fully saturated rings. The fourth-order valence-corrected chi connectivity index (χ4v) is 3.92. The summed E-state index contributed by atoms with van der Waals surface area (Å²) in [7, 11) is 0. The first-order valence-electron chi connectivity index (χ1n) is 7.61. The van der Waals surface area contributed by atoms with Crippen molar-refractivity contribution in [1.29, 1.82) is 5.26 Å². The van der Waals surface area contributed by atoms with Gasteiger partial charge in [0.05, 0.1) is 11.0 Å². The molecule has 1 saturated heterocycles. The zero-order chi connectivity index (χ0) is 18.5. The fraction of sp³-hybridized carbons (Fsp3) is 0.111. The molecule has 2 heterocycles. The standard InChI is InChI=1S/C18H13N3O3S2/c19-8-9-20(13-5-2-1-3-6-13)16(22)12-21-17(23)15(26-18(21)24)11-14-7-4-10-25-14/h1-7,10-11H,9,12H2/b15-11-. The van der Waals surface area contributed by atoms with Crippen LogP contribution in [0.1, 0.15) is 4.88 Å². The summed E-state index contributed by atoms with van der Waals surface area (Å²) in [5.41, 5.74) is 0.542. The zero-order valence-corrected chi connectivity index (χ0v) is 15.1. The number of rotatable bonds is 5. The lowest BCUT2D eigenvalue weighted by molar-refractivity contribution is -0.128. The average Bonchev–Trinajstić information content (AvgIpc) is 3.24. The van der Waals surface area contributed by atoms with Gasteiger partial charge in [0.15, 0.2) is 0 Å². The first-order chi connectivity index (χ1) is 12.6. The highest BCUT2D eigenvalue weighted by Crippen LogP contribution is 2.33. The molecule has 0 spiro atoms. The van der Waals surface area contributed by atoms with Crippen LogP contribution in [-0.2, 0) is 9.59 Å². The van der Waals surface area contributed by atoms with Crippen LogP contribution in [0.5, 0.6) is 0 Å². The van der Waals surface area contributed by atoms with Gasteiger partial charge in [-0.05, 0) is 41.4 Å². The van der Waals surface area contributed by atoms with Crippen LogP contribution >= 0.6 is 23.1 Å². The summed E-state index contributed by atoms with van der Waals surface area (Å²) in [5, 5.41) is 10.4. The molecule has 3 amide bonds. The summed E-state index contributed by atoms with van der Waals surface area (Å²) >= 11 is 2.27. The summed E-state index contributed by atoms with van der Waals surface area (Å²) in [6.45, 7) is -0.562. The van der Waals surface area contributed by atoms with Crippen LogP contribution in [-0.4, -0.2) is 35.0 Å². The molecule has 0 N–H and O–H groups in total. The highest BCUT2D eigenvalue weighted by molar-refractivity contribution is 8.18. The number of hydrogen-bond acceptors (Lipinski definition) is 6. The number of hydrogen-bond donors (Lipinski definition) is 0. The molecule has 0 radical (unpaired) electrons.